The van der Waals surface area contributed by atoms with E-state index in [-0.39, 0.29) is 0 Å². The largest absolute Gasteiger partial charge is 0.275 e. The van der Waals surface area contributed by atoms with Crippen molar-refractivity contribution >= 4 is 19.3 Å². The summed E-state index contributed by atoms with van der Waals surface area (Å²) in [5.74, 6) is 0. The molecule has 3 nitrogen and oxygen atoms in total. The lowest BCUT2D eigenvalue weighted by atomic mass is 10.3. The van der Waals surface area contributed by atoms with Gasteiger partial charge < -0.3 is 0 Å². The van der Waals surface area contributed by atoms with Crippen molar-refractivity contribution in [3.63, 3.8) is 0 Å². The van der Waals surface area contributed by atoms with Crippen molar-refractivity contribution in [2.45, 2.75) is 26.1 Å². The van der Waals surface area contributed by atoms with E-state index in [9.17, 15) is 0 Å². The van der Waals surface area contributed by atoms with E-state index in [4.69, 9.17) is 0 Å². The third kappa shape index (κ3) is 1.35. The average Bonchev–Trinajstić information content (AvgIpc) is 2.61. The smallest absolute Gasteiger partial charge is 0.181 e. The second-order valence-corrected chi connectivity index (χ2v) is 8.91. The van der Waals surface area contributed by atoms with E-state index in [1.165, 1.54) is 11.6 Å². The van der Waals surface area contributed by atoms with Gasteiger partial charge >= 0.3 is 0 Å². The molecule has 0 amide bonds. The van der Waals surface area contributed by atoms with Gasteiger partial charge in [-0.05, 0) is 31.3 Å². The summed E-state index contributed by atoms with van der Waals surface area (Å²) in [4.78, 5) is 0. The monoisotopic (exact) mass is 205 g/mol. The third-order valence-corrected chi connectivity index (χ3v) is 6.00. The van der Waals surface area contributed by atoms with Gasteiger partial charge in [0.05, 0.1) is 5.52 Å². The van der Waals surface area contributed by atoms with Gasteiger partial charge in [0.25, 0.3) is 0 Å². The van der Waals surface area contributed by atoms with Gasteiger partial charge in [0.15, 0.2) is 8.24 Å². The van der Waals surface area contributed by atoms with Crippen LogP contribution >= 0.6 is 0 Å². The maximum Gasteiger partial charge on any atom is 0.181 e. The number of nitrogens with zero attached hydrogens (tertiary/aromatic N) is 3. The fourth-order valence-corrected chi connectivity index (χ4v) is 2.89. The minimum Gasteiger partial charge on any atom is -0.275 e. The summed E-state index contributed by atoms with van der Waals surface area (Å²) in [5.41, 5.74) is 2.17. The molecule has 0 atom stereocenters. The minimum atomic E-state index is -1.42. The fraction of sp³-hybridized carbons (Fsp3) is 0.400. The van der Waals surface area contributed by atoms with Gasteiger partial charge in [-0.25, -0.2) is 0 Å². The normalized spacial score (nSPS) is 12.2. The molecule has 0 saturated heterocycles. The van der Waals surface area contributed by atoms with Crippen LogP contribution in [-0.2, 0) is 0 Å². The molecule has 0 unspecified atom stereocenters. The van der Waals surface area contributed by atoms with Crippen LogP contribution in [0.25, 0.3) is 11.0 Å². The van der Waals surface area contributed by atoms with E-state index < -0.39 is 8.24 Å². The Hall–Kier alpha value is -1.16. The van der Waals surface area contributed by atoms with Crippen molar-refractivity contribution < 1.29 is 0 Å². The summed E-state index contributed by atoms with van der Waals surface area (Å²) in [5, 5.41) is 8.45. The predicted octanol–water partition coefficient (Wildman–Crippen LogP) is 2.50. The van der Waals surface area contributed by atoms with E-state index in [1.54, 1.807) is 0 Å². The molecule has 2 aromatic rings. The molecule has 0 aliphatic heterocycles. The predicted molar refractivity (Wildman–Crippen MR) is 60.9 cm³/mol. The van der Waals surface area contributed by atoms with Crippen molar-refractivity contribution in [2.75, 3.05) is 0 Å². The Kier molecular flexibility index (Phi) is 2.15. The Morgan fingerprint density at radius 1 is 1.29 bits per heavy atom. The first-order chi connectivity index (χ1) is 6.65. The molecule has 2 rings (SSSR count). The Morgan fingerprint density at radius 2 is 2.00 bits per heavy atom. The molecule has 0 aliphatic rings. The van der Waals surface area contributed by atoms with E-state index in [0.29, 0.717) is 0 Å². The molecule has 1 aromatic heterocycles. The Bertz CT molecular complexity index is 447. The number of para-hydroxylation sites is 1. The molecule has 0 bridgehead atoms. The van der Waals surface area contributed by atoms with Crippen molar-refractivity contribution in [3.8, 4) is 0 Å². The Labute approximate surface area is 84.8 Å². The van der Waals surface area contributed by atoms with Crippen molar-refractivity contribution in [1.82, 2.24) is 14.7 Å². The van der Waals surface area contributed by atoms with Gasteiger partial charge in [0.2, 0.25) is 0 Å². The lowest BCUT2D eigenvalue weighted by Gasteiger charge is -2.20. The SMILES string of the molecule is CC[Si](C)(C)n1nnc2ccccc21. The Balaban J connectivity index is 2.64. The number of fused-ring (bicyclic) bond motifs is 1. The van der Waals surface area contributed by atoms with Crippen LogP contribution in [0.3, 0.4) is 0 Å². The first kappa shape index (κ1) is 9.39. The standard InChI is InChI=1S/C10H15N3Si/c1-4-14(2,3)13-10-8-6-5-7-9(10)11-12-13/h5-8H,4H2,1-3H3. The summed E-state index contributed by atoms with van der Waals surface area (Å²) in [6, 6.07) is 9.34. The highest BCUT2D eigenvalue weighted by molar-refractivity contribution is 6.76. The lowest BCUT2D eigenvalue weighted by molar-refractivity contribution is 0.853. The molecule has 0 saturated carbocycles. The molecule has 0 radical (unpaired) electrons. The molecule has 0 aliphatic carbocycles. The highest BCUT2D eigenvalue weighted by atomic mass is 28.3. The molecular formula is C10H15N3Si. The van der Waals surface area contributed by atoms with Gasteiger partial charge in [-0.1, -0.05) is 24.3 Å². The molecule has 1 heterocycles. The van der Waals surface area contributed by atoms with Crippen LogP contribution in [0.15, 0.2) is 24.3 Å². The zero-order valence-electron chi connectivity index (χ0n) is 8.86. The fourth-order valence-electron chi connectivity index (χ4n) is 1.47. The number of rotatable bonds is 2. The maximum absolute atomic E-state index is 4.27. The van der Waals surface area contributed by atoms with E-state index in [2.05, 4.69) is 40.7 Å². The quantitative estimate of drug-likeness (QED) is 0.705. The van der Waals surface area contributed by atoms with Gasteiger partial charge in [0.1, 0.15) is 5.52 Å². The van der Waals surface area contributed by atoms with Crippen LogP contribution in [-0.4, -0.2) is 22.9 Å². The van der Waals surface area contributed by atoms with Crippen LogP contribution < -0.4 is 0 Å². The first-order valence-electron chi connectivity index (χ1n) is 4.96. The van der Waals surface area contributed by atoms with Crippen LogP contribution in [0.1, 0.15) is 6.92 Å². The van der Waals surface area contributed by atoms with Gasteiger partial charge in [-0.15, -0.1) is 5.10 Å². The summed E-state index contributed by atoms with van der Waals surface area (Å²) in [6.45, 7) is 6.85. The number of hydrogen-bond acceptors (Lipinski definition) is 2. The molecular weight excluding hydrogens is 190 g/mol. The van der Waals surface area contributed by atoms with Crippen LogP contribution in [0, 0.1) is 0 Å². The minimum absolute atomic E-state index is 1.00. The molecule has 4 heteroatoms. The molecule has 74 valence electrons. The first-order valence-corrected chi connectivity index (χ1v) is 8.11. The van der Waals surface area contributed by atoms with Crippen molar-refractivity contribution in [2.24, 2.45) is 0 Å². The lowest BCUT2D eigenvalue weighted by Crippen LogP contribution is -2.36. The van der Waals surface area contributed by atoms with Crippen molar-refractivity contribution in [3.05, 3.63) is 24.3 Å². The van der Waals surface area contributed by atoms with Crippen LogP contribution in [0.4, 0.5) is 0 Å². The van der Waals surface area contributed by atoms with Crippen LogP contribution in [0.5, 0.6) is 0 Å². The topological polar surface area (TPSA) is 30.7 Å². The zero-order valence-corrected chi connectivity index (χ0v) is 9.86. The summed E-state index contributed by atoms with van der Waals surface area (Å²) >= 11 is 0. The zero-order chi connectivity index (χ0) is 10.2. The van der Waals surface area contributed by atoms with E-state index in [1.807, 2.05) is 18.2 Å². The van der Waals surface area contributed by atoms with Crippen LogP contribution in [0.2, 0.25) is 19.1 Å². The molecule has 1 aromatic carbocycles. The number of hydrogen-bond donors (Lipinski definition) is 0. The third-order valence-electron chi connectivity index (χ3n) is 2.79. The molecule has 0 fully saturated rings. The van der Waals surface area contributed by atoms with E-state index in [0.717, 1.165) is 5.52 Å². The second-order valence-electron chi connectivity index (χ2n) is 4.16. The average molecular weight is 205 g/mol. The number of aromatic nitrogens is 3. The second kappa shape index (κ2) is 3.20. The summed E-state index contributed by atoms with van der Waals surface area (Å²) in [6.07, 6.45) is 0. The summed E-state index contributed by atoms with van der Waals surface area (Å²) in [7, 11) is -1.42. The van der Waals surface area contributed by atoms with Gasteiger partial charge in [-0.2, -0.15) is 0 Å². The van der Waals surface area contributed by atoms with E-state index >= 15 is 0 Å². The van der Waals surface area contributed by atoms with Gasteiger partial charge in [-0.3, -0.25) is 4.35 Å². The molecule has 14 heavy (non-hydrogen) atoms. The number of benzene rings is 1. The molecule has 0 N–H and O–H groups in total. The Morgan fingerprint density at radius 3 is 2.71 bits per heavy atom. The maximum atomic E-state index is 4.27. The summed E-state index contributed by atoms with van der Waals surface area (Å²) < 4.78 is 2.14. The highest BCUT2D eigenvalue weighted by Crippen LogP contribution is 2.17. The molecule has 0 spiro atoms. The highest BCUT2D eigenvalue weighted by Gasteiger charge is 2.24. The van der Waals surface area contributed by atoms with Gasteiger partial charge in [0, 0.05) is 0 Å². The van der Waals surface area contributed by atoms with Crippen molar-refractivity contribution in [1.29, 1.82) is 0 Å².